The summed E-state index contributed by atoms with van der Waals surface area (Å²) in [5.74, 6) is 14.9. The molecule has 2 aromatic carbocycles. The van der Waals surface area contributed by atoms with Gasteiger partial charge in [0.15, 0.2) is 23.0 Å². The van der Waals surface area contributed by atoms with Gasteiger partial charge in [-0.3, -0.25) is 4.98 Å². The number of nitrogens with zero attached hydrogens (tertiary/aromatic N) is 2. The molecule has 0 amide bonds. The molecule has 7 heteroatoms. The number of hydrogen-bond donors (Lipinski definition) is 0. The Morgan fingerprint density at radius 2 is 1.09 bits per heavy atom. The third-order valence-corrected chi connectivity index (χ3v) is 4.35. The van der Waals surface area contributed by atoms with E-state index in [0.29, 0.717) is 45.7 Å². The summed E-state index contributed by atoms with van der Waals surface area (Å²) in [5.41, 5.74) is 2.43. The maximum atomic E-state index is 5.36. The highest BCUT2D eigenvalue weighted by atomic mass is 16.5. The molecule has 0 aliphatic rings. The largest absolute Gasteiger partial charge is 0.493 e. The average molecular weight is 430 g/mol. The van der Waals surface area contributed by atoms with Gasteiger partial charge in [0, 0.05) is 11.1 Å². The number of hydrogen-bond acceptors (Lipinski definition) is 7. The average Bonchev–Trinajstić information content (AvgIpc) is 2.85. The SMILES string of the molecule is COc1ccc(C#Cc2cncc(C#Cc3cc(OC)c(OC)c(OC)c3)n2)cc1OC. The van der Waals surface area contributed by atoms with Gasteiger partial charge in [0.25, 0.3) is 0 Å². The van der Waals surface area contributed by atoms with E-state index in [1.165, 1.54) is 0 Å². The van der Waals surface area contributed by atoms with Crippen molar-refractivity contribution in [1.82, 2.24) is 9.97 Å². The molecule has 1 heterocycles. The first kappa shape index (κ1) is 22.3. The van der Waals surface area contributed by atoms with Crippen molar-refractivity contribution in [2.75, 3.05) is 35.5 Å². The van der Waals surface area contributed by atoms with Crippen molar-refractivity contribution in [1.29, 1.82) is 0 Å². The first-order valence-corrected chi connectivity index (χ1v) is 9.50. The van der Waals surface area contributed by atoms with Gasteiger partial charge in [0.1, 0.15) is 11.4 Å². The van der Waals surface area contributed by atoms with E-state index in [4.69, 9.17) is 23.7 Å². The van der Waals surface area contributed by atoms with Crippen LogP contribution in [0.4, 0.5) is 0 Å². The maximum absolute atomic E-state index is 5.36. The first-order valence-electron chi connectivity index (χ1n) is 9.50. The second kappa shape index (κ2) is 10.6. The molecule has 0 aliphatic heterocycles. The van der Waals surface area contributed by atoms with E-state index in [2.05, 4.69) is 33.6 Å². The Balaban J connectivity index is 1.87. The second-order valence-electron chi connectivity index (χ2n) is 6.27. The van der Waals surface area contributed by atoms with E-state index < -0.39 is 0 Å². The summed E-state index contributed by atoms with van der Waals surface area (Å²) in [6.07, 6.45) is 3.16. The van der Waals surface area contributed by atoms with Crippen LogP contribution in [-0.2, 0) is 0 Å². The van der Waals surface area contributed by atoms with Gasteiger partial charge < -0.3 is 23.7 Å². The molecule has 3 aromatic rings. The minimum Gasteiger partial charge on any atom is -0.493 e. The van der Waals surface area contributed by atoms with Gasteiger partial charge in [0.2, 0.25) is 5.75 Å². The smallest absolute Gasteiger partial charge is 0.203 e. The Labute approximate surface area is 187 Å². The lowest BCUT2D eigenvalue weighted by molar-refractivity contribution is 0.324. The molecule has 162 valence electrons. The molecule has 0 atom stereocenters. The zero-order valence-electron chi connectivity index (χ0n) is 18.5. The van der Waals surface area contributed by atoms with E-state index >= 15 is 0 Å². The number of ether oxygens (including phenoxy) is 5. The van der Waals surface area contributed by atoms with Crippen molar-refractivity contribution < 1.29 is 23.7 Å². The van der Waals surface area contributed by atoms with Gasteiger partial charge in [-0.2, -0.15) is 0 Å². The fourth-order valence-electron chi connectivity index (χ4n) is 2.83. The second-order valence-corrected chi connectivity index (χ2v) is 6.27. The van der Waals surface area contributed by atoms with Crippen LogP contribution < -0.4 is 23.7 Å². The summed E-state index contributed by atoms with van der Waals surface area (Å²) in [4.78, 5) is 8.63. The number of rotatable bonds is 5. The zero-order valence-corrected chi connectivity index (χ0v) is 18.5. The third-order valence-electron chi connectivity index (χ3n) is 4.35. The first-order chi connectivity index (χ1) is 15.6. The predicted molar refractivity (Wildman–Crippen MR) is 120 cm³/mol. The van der Waals surface area contributed by atoms with E-state index in [1.54, 1.807) is 72.2 Å². The van der Waals surface area contributed by atoms with Gasteiger partial charge in [-0.25, -0.2) is 4.98 Å². The lowest BCUT2D eigenvalue weighted by Gasteiger charge is -2.12. The molecule has 0 saturated heterocycles. The van der Waals surface area contributed by atoms with Crippen LogP contribution in [-0.4, -0.2) is 45.5 Å². The number of benzene rings is 2. The van der Waals surface area contributed by atoms with Crippen molar-refractivity contribution in [2.24, 2.45) is 0 Å². The quantitative estimate of drug-likeness (QED) is 0.575. The molecule has 0 spiro atoms. The van der Waals surface area contributed by atoms with E-state index in [-0.39, 0.29) is 0 Å². The molecular weight excluding hydrogens is 408 g/mol. The molecule has 0 unspecified atom stereocenters. The van der Waals surface area contributed by atoms with Crippen LogP contribution in [0.1, 0.15) is 22.5 Å². The Morgan fingerprint density at radius 1 is 0.562 bits per heavy atom. The van der Waals surface area contributed by atoms with Crippen molar-refractivity contribution in [2.45, 2.75) is 0 Å². The summed E-state index contributed by atoms with van der Waals surface area (Å²) in [6, 6.07) is 8.97. The van der Waals surface area contributed by atoms with Crippen LogP contribution in [0.15, 0.2) is 42.7 Å². The molecule has 0 N–H and O–H groups in total. The predicted octanol–water partition coefficient (Wildman–Crippen LogP) is 3.32. The Hall–Kier alpha value is -4.36. The van der Waals surface area contributed by atoms with Crippen molar-refractivity contribution in [3.63, 3.8) is 0 Å². The van der Waals surface area contributed by atoms with Crippen LogP contribution in [0.2, 0.25) is 0 Å². The highest BCUT2D eigenvalue weighted by Gasteiger charge is 2.12. The molecule has 0 saturated carbocycles. The van der Waals surface area contributed by atoms with Crippen LogP contribution in [0.25, 0.3) is 0 Å². The normalized spacial score (nSPS) is 9.53. The Morgan fingerprint density at radius 3 is 1.62 bits per heavy atom. The monoisotopic (exact) mass is 430 g/mol. The molecule has 1 aromatic heterocycles. The summed E-state index contributed by atoms with van der Waals surface area (Å²) in [6.45, 7) is 0. The molecular formula is C25H22N2O5. The van der Waals surface area contributed by atoms with Gasteiger partial charge in [0.05, 0.1) is 47.9 Å². The summed E-state index contributed by atoms with van der Waals surface area (Å²) in [5, 5.41) is 0. The standard InChI is InChI=1S/C25H22N2O5/c1-28-21-11-8-17(12-22(21)29-2)6-9-19-15-26-16-20(27-19)10-7-18-13-23(30-3)25(32-5)24(14-18)31-4/h8,11-16H,1-5H3. The van der Waals surface area contributed by atoms with Crippen molar-refractivity contribution in [3.05, 3.63) is 65.2 Å². The van der Waals surface area contributed by atoms with E-state index in [9.17, 15) is 0 Å². The summed E-state index contributed by atoms with van der Waals surface area (Å²) < 4.78 is 26.6. The Bertz CT molecular complexity index is 1210. The minimum absolute atomic E-state index is 0.484. The fraction of sp³-hybridized carbons (Fsp3) is 0.200. The molecule has 0 bridgehead atoms. The van der Waals surface area contributed by atoms with Crippen LogP contribution in [0.3, 0.4) is 0 Å². The van der Waals surface area contributed by atoms with Crippen LogP contribution in [0.5, 0.6) is 28.7 Å². The van der Waals surface area contributed by atoms with Crippen molar-refractivity contribution >= 4 is 0 Å². The van der Waals surface area contributed by atoms with Gasteiger partial charge >= 0.3 is 0 Å². The topological polar surface area (TPSA) is 71.9 Å². The highest BCUT2D eigenvalue weighted by Crippen LogP contribution is 2.37. The van der Waals surface area contributed by atoms with Gasteiger partial charge in [-0.1, -0.05) is 11.8 Å². The fourth-order valence-corrected chi connectivity index (χ4v) is 2.83. The molecule has 0 fully saturated rings. The van der Waals surface area contributed by atoms with E-state index in [1.807, 2.05) is 6.07 Å². The van der Waals surface area contributed by atoms with Crippen molar-refractivity contribution in [3.8, 4) is 52.4 Å². The Kier molecular flexibility index (Phi) is 7.40. The lowest BCUT2D eigenvalue weighted by atomic mass is 10.2. The molecule has 7 nitrogen and oxygen atoms in total. The van der Waals surface area contributed by atoms with Gasteiger partial charge in [-0.05, 0) is 42.2 Å². The minimum atomic E-state index is 0.484. The number of aromatic nitrogens is 2. The number of methoxy groups -OCH3 is 5. The zero-order chi connectivity index (χ0) is 22.9. The highest BCUT2D eigenvalue weighted by molar-refractivity contribution is 5.58. The van der Waals surface area contributed by atoms with Crippen LogP contribution in [0, 0.1) is 23.7 Å². The van der Waals surface area contributed by atoms with Crippen LogP contribution >= 0.6 is 0 Å². The maximum Gasteiger partial charge on any atom is 0.203 e. The molecule has 0 radical (unpaired) electrons. The lowest BCUT2D eigenvalue weighted by Crippen LogP contribution is -1.96. The molecule has 3 rings (SSSR count). The third kappa shape index (κ3) is 5.21. The molecule has 32 heavy (non-hydrogen) atoms. The van der Waals surface area contributed by atoms with E-state index in [0.717, 1.165) is 5.56 Å². The summed E-state index contributed by atoms with van der Waals surface area (Å²) >= 11 is 0. The van der Waals surface area contributed by atoms with Gasteiger partial charge in [-0.15, -0.1) is 0 Å². The summed E-state index contributed by atoms with van der Waals surface area (Å²) in [7, 11) is 7.83. The molecule has 0 aliphatic carbocycles.